The van der Waals surface area contributed by atoms with E-state index in [4.69, 9.17) is 0 Å². The van der Waals surface area contributed by atoms with Gasteiger partial charge < -0.3 is 15.3 Å². The molecule has 5 rings (SSSR count). The maximum atomic E-state index is 12.9. The minimum absolute atomic E-state index is 0.00553. The van der Waals surface area contributed by atoms with Gasteiger partial charge >= 0.3 is 6.03 Å². The molecule has 1 unspecified atom stereocenters. The molecule has 8 heteroatoms. The van der Waals surface area contributed by atoms with E-state index in [1.807, 2.05) is 4.90 Å². The molecule has 2 N–H and O–H groups in total. The van der Waals surface area contributed by atoms with Crippen LogP contribution in [-0.4, -0.2) is 71.4 Å². The van der Waals surface area contributed by atoms with Crippen molar-refractivity contribution in [1.29, 1.82) is 0 Å². The molecule has 33 heavy (non-hydrogen) atoms. The van der Waals surface area contributed by atoms with Gasteiger partial charge in [-0.1, -0.05) is 30.3 Å². The first-order valence-electron chi connectivity index (χ1n) is 12.0. The molecule has 1 atom stereocenters. The summed E-state index contributed by atoms with van der Waals surface area (Å²) in [6, 6.07) is 10.6. The first kappa shape index (κ1) is 22.1. The number of amides is 2. The van der Waals surface area contributed by atoms with Crippen molar-refractivity contribution in [3.05, 3.63) is 48.3 Å². The zero-order valence-electron chi connectivity index (χ0n) is 19.6. The molecular weight excluding hydrogens is 416 g/mol. The van der Waals surface area contributed by atoms with Crippen molar-refractivity contribution in [2.75, 3.05) is 43.5 Å². The van der Waals surface area contributed by atoms with Crippen molar-refractivity contribution in [1.82, 2.24) is 20.2 Å². The largest absolute Gasteiger partial charge is 0.391 e. The van der Waals surface area contributed by atoms with Crippen LogP contribution < -0.4 is 15.1 Å². The number of aliphatic hydroxyl groups is 1. The molecule has 1 saturated carbocycles. The summed E-state index contributed by atoms with van der Waals surface area (Å²) in [7, 11) is 4.31. The number of hydrogen-bond donors (Lipinski definition) is 2. The van der Waals surface area contributed by atoms with Crippen LogP contribution in [0.15, 0.2) is 42.7 Å². The number of rotatable bonds is 4. The average molecular weight is 451 g/mol. The summed E-state index contributed by atoms with van der Waals surface area (Å²) in [5.41, 5.74) is 1.84. The third-order valence-electron chi connectivity index (χ3n) is 7.90. The highest BCUT2D eigenvalue weighted by Crippen LogP contribution is 2.46. The van der Waals surface area contributed by atoms with Gasteiger partial charge in [-0.05, 0) is 58.2 Å². The van der Waals surface area contributed by atoms with Crippen molar-refractivity contribution in [3.63, 3.8) is 0 Å². The second-order valence-electron chi connectivity index (χ2n) is 10.1. The summed E-state index contributed by atoms with van der Waals surface area (Å²) in [5.74, 6) is 0.614. The lowest BCUT2D eigenvalue weighted by Gasteiger charge is -2.48. The van der Waals surface area contributed by atoms with Crippen LogP contribution >= 0.6 is 0 Å². The Kier molecular flexibility index (Phi) is 5.74. The number of nitrogens with zero attached hydrogens (tertiary/aromatic N) is 5. The molecule has 1 aliphatic carbocycles. The van der Waals surface area contributed by atoms with Crippen LogP contribution in [0.3, 0.4) is 0 Å². The Morgan fingerprint density at radius 1 is 1.09 bits per heavy atom. The second kappa shape index (κ2) is 8.57. The Hall–Kier alpha value is -2.71. The highest BCUT2D eigenvalue weighted by molar-refractivity contribution is 5.95. The van der Waals surface area contributed by atoms with E-state index in [1.165, 1.54) is 5.56 Å². The molecule has 3 fully saturated rings. The number of aromatic nitrogens is 2. The summed E-state index contributed by atoms with van der Waals surface area (Å²) in [6.45, 7) is 2.04. The van der Waals surface area contributed by atoms with Gasteiger partial charge in [0.25, 0.3) is 0 Å². The maximum absolute atomic E-state index is 12.9. The predicted octanol–water partition coefficient (Wildman–Crippen LogP) is 2.74. The Bertz CT molecular complexity index is 972. The summed E-state index contributed by atoms with van der Waals surface area (Å²) in [6.07, 6.45) is 8.72. The molecular formula is C25H34N6O2. The lowest BCUT2D eigenvalue weighted by atomic mass is 9.69. The Labute approximate surface area is 195 Å². The Balaban J connectivity index is 1.29. The molecule has 2 saturated heterocycles. The van der Waals surface area contributed by atoms with E-state index < -0.39 is 0 Å². The van der Waals surface area contributed by atoms with Crippen molar-refractivity contribution < 1.29 is 9.90 Å². The van der Waals surface area contributed by atoms with Crippen LogP contribution in [0.2, 0.25) is 0 Å². The van der Waals surface area contributed by atoms with E-state index >= 15 is 0 Å². The molecule has 3 heterocycles. The molecule has 1 aromatic carbocycles. The number of urea groups is 1. The normalized spacial score (nSPS) is 30.2. The zero-order valence-corrected chi connectivity index (χ0v) is 19.6. The number of carbonyl (C=O) groups excluding carboxylic acids is 1. The molecule has 1 aromatic heterocycles. The number of carbonyl (C=O) groups is 1. The van der Waals surface area contributed by atoms with Crippen molar-refractivity contribution in [3.8, 4) is 0 Å². The van der Waals surface area contributed by atoms with Gasteiger partial charge in [-0.25, -0.2) is 14.8 Å². The summed E-state index contributed by atoms with van der Waals surface area (Å²) in [5, 5.41) is 13.2. The number of hydrogen-bond acceptors (Lipinski definition) is 6. The zero-order chi connectivity index (χ0) is 23.1. The van der Waals surface area contributed by atoms with Crippen LogP contribution in [0.4, 0.5) is 16.4 Å². The van der Waals surface area contributed by atoms with Gasteiger partial charge in [-0.3, -0.25) is 9.80 Å². The summed E-state index contributed by atoms with van der Waals surface area (Å²) < 4.78 is 0. The van der Waals surface area contributed by atoms with Crippen molar-refractivity contribution >= 4 is 17.7 Å². The van der Waals surface area contributed by atoms with E-state index in [0.717, 1.165) is 50.8 Å². The molecule has 176 valence electrons. The number of nitrogens with one attached hydrogen (secondary N) is 1. The van der Waals surface area contributed by atoms with Crippen molar-refractivity contribution in [2.45, 2.75) is 55.7 Å². The molecule has 0 bridgehead atoms. The first-order valence-corrected chi connectivity index (χ1v) is 12.0. The minimum Gasteiger partial charge on any atom is -0.391 e. The number of benzene rings is 1. The number of anilines is 2. The lowest BCUT2D eigenvalue weighted by Crippen LogP contribution is -2.54. The van der Waals surface area contributed by atoms with Crippen LogP contribution in [0.5, 0.6) is 0 Å². The third kappa shape index (κ3) is 4.06. The van der Waals surface area contributed by atoms with Gasteiger partial charge in [-0.15, -0.1) is 0 Å². The Morgan fingerprint density at radius 3 is 2.42 bits per heavy atom. The topological polar surface area (TPSA) is 84.8 Å². The van der Waals surface area contributed by atoms with Crippen LogP contribution in [0.1, 0.15) is 44.1 Å². The molecule has 0 radical (unpaired) electrons. The fraction of sp³-hybridized carbons (Fsp3) is 0.560. The highest BCUT2D eigenvalue weighted by atomic mass is 16.3. The van der Waals surface area contributed by atoms with E-state index in [0.29, 0.717) is 19.0 Å². The third-order valence-corrected chi connectivity index (χ3v) is 7.90. The molecule has 2 aliphatic heterocycles. The first-order chi connectivity index (χ1) is 15.9. The quantitative estimate of drug-likeness (QED) is 0.745. The second-order valence-corrected chi connectivity index (χ2v) is 10.1. The molecule has 1 spiro atoms. The van der Waals surface area contributed by atoms with E-state index in [-0.39, 0.29) is 23.2 Å². The number of piperidine rings is 1. The predicted molar refractivity (Wildman–Crippen MR) is 128 cm³/mol. The fourth-order valence-corrected chi connectivity index (χ4v) is 5.84. The lowest BCUT2D eigenvalue weighted by molar-refractivity contribution is 0.0658. The van der Waals surface area contributed by atoms with Gasteiger partial charge in [0.1, 0.15) is 0 Å². The molecule has 2 aromatic rings. The maximum Gasteiger partial charge on any atom is 0.322 e. The SMILES string of the molecule is CN(C)[C@]1(c2ccccc2)CC[C@]2(CC1)CN(c1cnc(N3CCCC(O)C3)nc1)C(=O)N2. The smallest absolute Gasteiger partial charge is 0.322 e. The Morgan fingerprint density at radius 2 is 1.79 bits per heavy atom. The van der Waals surface area contributed by atoms with Gasteiger partial charge in [0, 0.05) is 18.6 Å². The minimum atomic E-state index is -0.331. The van der Waals surface area contributed by atoms with Gasteiger partial charge in [0.05, 0.1) is 36.3 Å². The monoisotopic (exact) mass is 450 g/mol. The van der Waals surface area contributed by atoms with Crippen LogP contribution in [0.25, 0.3) is 0 Å². The summed E-state index contributed by atoms with van der Waals surface area (Å²) >= 11 is 0. The molecule has 8 nitrogen and oxygen atoms in total. The highest BCUT2D eigenvalue weighted by Gasteiger charge is 2.50. The number of aliphatic hydroxyl groups excluding tert-OH is 1. The van der Waals surface area contributed by atoms with Gasteiger partial charge in [0.15, 0.2) is 0 Å². The standard InChI is InChI=1S/C25H34N6O2/c1-29(2)25(19-7-4-3-5-8-19)12-10-24(11-13-25)18-31(23(33)28-24)20-15-26-22(27-16-20)30-14-6-9-21(32)17-30/h3-5,7-8,15-16,21,32H,6,9-14,17-18H2,1-2H3,(H,28,33)/t21?,24-,25+. The van der Waals surface area contributed by atoms with Gasteiger partial charge in [0.2, 0.25) is 5.95 Å². The van der Waals surface area contributed by atoms with Crippen molar-refractivity contribution in [2.24, 2.45) is 0 Å². The molecule has 2 amide bonds. The van der Waals surface area contributed by atoms with Crippen LogP contribution in [0, 0.1) is 0 Å². The van der Waals surface area contributed by atoms with E-state index in [2.05, 4.69) is 64.6 Å². The molecule has 3 aliphatic rings. The summed E-state index contributed by atoms with van der Waals surface area (Å²) in [4.78, 5) is 28.1. The van der Waals surface area contributed by atoms with Gasteiger partial charge in [-0.2, -0.15) is 0 Å². The fourth-order valence-electron chi connectivity index (χ4n) is 5.84. The number of β-amino-alcohol motifs (C(OH)–C–C–N with tert-alkyl or cyclic N) is 1. The van der Waals surface area contributed by atoms with E-state index in [9.17, 15) is 9.90 Å². The van der Waals surface area contributed by atoms with E-state index in [1.54, 1.807) is 17.3 Å². The average Bonchev–Trinajstić information content (AvgIpc) is 3.16. The van der Waals surface area contributed by atoms with Crippen LogP contribution in [-0.2, 0) is 5.54 Å².